The van der Waals surface area contributed by atoms with Gasteiger partial charge in [-0.2, -0.15) is 13.2 Å². The van der Waals surface area contributed by atoms with Gasteiger partial charge >= 0.3 is 6.18 Å². The number of halogens is 5. The fraction of sp³-hybridized carbons (Fsp3) is 0.143. The van der Waals surface area contributed by atoms with Crippen LogP contribution in [-0.2, 0) is 6.18 Å². The van der Waals surface area contributed by atoms with Crippen molar-refractivity contribution in [1.29, 1.82) is 0 Å². The Hall–Kier alpha value is -1.60. The number of benzene rings is 2. The maximum atomic E-state index is 13.9. The third-order valence-corrected chi connectivity index (χ3v) is 3.60. The summed E-state index contributed by atoms with van der Waals surface area (Å²) in [5.41, 5.74) is 4.24. The van der Waals surface area contributed by atoms with Crippen molar-refractivity contribution in [3.05, 3.63) is 63.4 Å². The van der Waals surface area contributed by atoms with E-state index >= 15 is 0 Å². The normalized spacial score (nSPS) is 13.2. The Morgan fingerprint density at radius 1 is 1.10 bits per heavy atom. The van der Waals surface area contributed by atoms with Gasteiger partial charge in [0, 0.05) is 16.8 Å². The molecule has 0 aliphatic carbocycles. The second-order valence-electron chi connectivity index (χ2n) is 4.39. The molecule has 0 aliphatic rings. The number of nitrogen functional groups attached to an aromatic ring is 1. The molecule has 2 nitrogen and oxygen atoms in total. The summed E-state index contributed by atoms with van der Waals surface area (Å²) < 4.78 is 52.1. The van der Waals surface area contributed by atoms with Crippen LogP contribution >= 0.6 is 15.9 Å². The molecule has 0 saturated carbocycles. The fourth-order valence-electron chi connectivity index (χ4n) is 1.89. The van der Waals surface area contributed by atoms with Crippen molar-refractivity contribution in [2.45, 2.75) is 12.3 Å². The predicted molar refractivity (Wildman–Crippen MR) is 74.0 cm³/mol. The lowest BCUT2D eigenvalue weighted by Gasteiger charge is -2.17. The monoisotopic (exact) mass is 363 g/mol. The SMILES string of the molecule is Nc1ccc(C(F)(F)F)cc1C(O)c1cccc(Br)c1F. The highest BCUT2D eigenvalue weighted by molar-refractivity contribution is 9.10. The highest BCUT2D eigenvalue weighted by Crippen LogP contribution is 2.36. The number of nitrogens with two attached hydrogens (primary N) is 1. The first kappa shape index (κ1) is 15.8. The summed E-state index contributed by atoms with van der Waals surface area (Å²) in [4.78, 5) is 0. The summed E-state index contributed by atoms with van der Waals surface area (Å²) in [5, 5.41) is 10.2. The van der Waals surface area contributed by atoms with Crippen LogP contribution in [0.2, 0.25) is 0 Å². The minimum absolute atomic E-state index is 0.0464. The van der Waals surface area contributed by atoms with Crippen molar-refractivity contribution in [3.8, 4) is 0 Å². The molecule has 21 heavy (non-hydrogen) atoms. The van der Waals surface area contributed by atoms with E-state index < -0.39 is 23.7 Å². The Kier molecular flexibility index (Phi) is 4.25. The molecule has 2 rings (SSSR count). The van der Waals surface area contributed by atoms with Gasteiger partial charge in [-0.3, -0.25) is 0 Å². The molecule has 0 radical (unpaired) electrons. The van der Waals surface area contributed by atoms with Crippen molar-refractivity contribution < 1.29 is 22.7 Å². The van der Waals surface area contributed by atoms with Crippen molar-refractivity contribution in [1.82, 2.24) is 0 Å². The lowest BCUT2D eigenvalue weighted by Crippen LogP contribution is -2.10. The highest BCUT2D eigenvalue weighted by atomic mass is 79.9. The molecule has 0 amide bonds. The van der Waals surface area contributed by atoms with Crippen LogP contribution in [0.5, 0.6) is 0 Å². The maximum absolute atomic E-state index is 13.9. The molecular weight excluding hydrogens is 354 g/mol. The Labute approximate surface area is 126 Å². The fourth-order valence-corrected chi connectivity index (χ4v) is 2.27. The van der Waals surface area contributed by atoms with Crippen molar-refractivity contribution in [3.63, 3.8) is 0 Å². The van der Waals surface area contributed by atoms with Crippen LogP contribution in [0.25, 0.3) is 0 Å². The second kappa shape index (κ2) is 5.65. The van der Waals surface area contributed by atoms with Gasteiger partial charge in [0.1, 0.15) is 11.9 Å². The number of hydrogen-bond donors (Lipinski definition) is 2. The Morgan fingerprint density at radius 2 is 1.76 bits per heavy atom. The zero-order valence-electron chi connectivity index (χ0n) is 10.5. The first-order chi connectivity index (χ1) is 9.71. The van der Waals surface area contributed by atoms with Gasteiger partial charge in [-0.25, -0.2) is 4.39 Å². The summed E-state index contributed by atoms with van der Waals surface area (Å²) in [6, 6.07) is 6.74. The lowest BCUT2D eigenvalue weighted by atomic mass is 9.97. The van der Waals surface area contributed by atoms with E-state index in [9.17, 15) is 22.7 Å². The standard InChI is InChI=1S/C14H10BrF4NO/c15-10-3-1-2-8(12(10)16)13(21)9-6-7(14(17,18)19)4-5-11(9)20/h1-6,13,21H,20H2. The van der Waals surface area contributed by atoms with Gasteiger partial charge in [0.15, 0.2) is 0 Å². The summed E-state index contributed by atoms with van der Waals surface area (Å²) in [7, 11) is 0. The minimum Gasteiger partial charge on any atom is -0.398 e. The molecule has 3 N–H and O–H groups in total. The molecule has 0 spiro atoms. The molecule has 0 heterocycles. The second-order valence-corrected chi connectivity index (χ2v) is 5.24. The van der Waals surface area contributed by atoms with Crippen LogP contribution in [0.1, 0.15) is 22.8 Å². The van der Waals surface area contributed by atoms with Gasteiger partial charge in [-0.05, 0) is 40.2 Å². The predicted octanol–water partition coefficient (Wildman–Crippen LogP) is 4.27. The Morgan fingerprint density at radius 3 is 2.38 bits per heavy atom. The molecule has 7 heteroatoms. The zero-order valence-corrected chi connectivity index (χ0v) is 12.0. The summed E-state index contributed by atoms with van der Waals surface area (Å²) in [6.45, 7) is 0. The number of anilines is 1. The molecule has 1 atom stereocenters. The van der Waals surface area contributed by atoms with Gasteiger partial charge in [0.05, 0.1) is 10.0 Å². The van der Waals surface area contributed by atoms with E-state index in [0.29, 0.717) is 0 Å². The van der Waals surface area contributed by atoms with E-state index in [4.69, 9.17) is 5.73 Å². The smallest absolute Gasteiger partial charge is 0.398 e. The van der Waals surface area contributed by atoms with E-state index in [1.165, 1.54) is 18.2 Å². The van der Waals surface area contributed by atoms with Crippen molar-refractivity contribution in [2.24, 2.45) is 0 Å². The van der Waals surface area contributed by atoms with Crippen LogP contribution in [0, 0.1) is 5.82 Å². The summed E-state index contributed by atoms with van der Waals surface area (Å²) in [5.74, 6) is -0.748. The van der Waals surface area contributed by atoms with Gasteiger partial charge in [0.25, 0.3) is 0 Å². The molecule has 0 bridgehead atoms. The van der Waals surface area contributed by atoms with E-state index in [2.05, 4.69) is 15.9 Å². The van der Waals surface area contributed by atoms with Crippen LogP contribution < -0.4 is 5.73 Å². The van der Waals surface area contributed by atoms with E-state index in [-0.39, 0.29) is 21.3 Å². The van der Waals surface area contributed by atoms with Crippen LogP contribution in [0.3, 0.4) is 0 Å². The van der Waals surface area contributed by atoms with Crippen LogP contribution in [0.4, 0.5) is 23.2 Å². The van der Waals surface area contributed by atoms with Gasteiger partial charge in [0.2, 0.25) is 0 Å². The minimum atomic E-state index is -4.57. The van der Waals surface area contributed by atoms with Gasteiger partial charge < -0.3 is 10.8 Å². The molecule has 0 fully saturated rings. The molecule has 2 aromatic carbocycles. The average molecular weight is 364 g/mol. The number of aliphatic hydroxyl groups is 1. The first-order valence-electron chi connectivity index (χ1n) is 5.80. The highest BCUT2D eigenvalue weighted by Gasteiger charge is 2.32. The molecule has 1 unspecified atom stereocenters. The maximum Gasteiger partial charge on any atom is 0.416 e. The van der Waals surface area contributed by atoms with Crippen molar-refractivity contribution >= 4 is 21.6 Å². The quantitative estimate of drug-likeness (QED) is 0.618. The topological polar surface area (TPSA) is 46.2 Å². The Bertz CT molecular complexity index is 673. The van der Waals surface area contributed by atoms with E-state index in [1.54, 1.807) is 0 Å². The zero-order chi connectivity index (χ0) is 15.8. The number of rotatable bonds is 2. The Balaban J connectivity index is 2.53. The molecule has 0 saturated heterocycles. The van der Waals surface area contributed by atoms with Crippen LogP contribution in [-0.4, -0.2) is 5.11 Å². The third-order valence-electron chi connectivity index (χ3n) is 2.98. The average Bonchev–Trinajstić information content (AvgIpc) is 2.40. The molecule has 0 aliphatic heterocycles. The molecule has 2 aromatic rings. The first-order valence-corrected chi connectivity index (χ1v) is 6.59. The summed E-state index contributed by atoms with van der Waals surface area (Å²) >= 11 is 2.95. The number of alkyl halides is 3. The largest absolute Gasteiger partial charge is 0.416 e. The van der Waals surface area contributed by atoms with Crippen LogP contribution in [0.15, 0.2) is 40.9 Å². The third kappa shape index (κ3) is 3.19. The van der Waals surface area contributed by atoms with Crippen molar-refractivity contribution in [2.75, 3.05) is 5.73 Å². The van der Waals surface area contributed by atoms with E-state index in [0.717, 1.165) is 18.2 Å². The molecule has 0 aromatic heterocycles. The number of aliphatic hydroxyl groups excluding tert-OH is 1. The van der Waals surface area contributed by atoms with Gasteiger partial charge in [-0.1, -0.05) is 12.1 Å². The van der Waals surface area contributed by atoms with Gasteiger partial charge in [-0.15, -0.1) is 0 Å². The number of hydrogen-bond acceptors (Lipinski definition) is 2. The van der Waals surface area contributed by atoms with E-state index in [1.807, 2.05) is 0 Å². The molecular formula is C14H10BrF4NO. The molecule has 112 valence electrons. The summed E-state index contributed by atoms with van der Waals surface area (Å²) in [6.07, 6.45) is -6.16. The lowest BCUT2D eigenvalue weighted by molar-refractivity contribution is -0.137.